The van der Waals surface area contributed by atoms with Gasteiger partial charge in [0.25, 0.3) is 5.91 Å². The lowest BCUT2D eigenvalue weighted by Gasteiger charge is -2.38. The topological polar surface area (TPSA) is 131 Å². The number of anilines is 2. The first-order valence-corrected chi connectivity index (χ1v) is 16.1. The molecule has 5 rings (SSSR count). The Labute approximate surface area is 262 Å². The molecule has 4 aromatic rings. The lowest BCUT2D eigenvalue weighted by atomic mass is 9.99. The Bertz CT molecular complexity index is 1780. The SMILES string of the molecule is CC1CN(C(C)CO)C(=O)c2cccc(NC(O)Nc3cccc4ccccc34)c2OC1CN(C)S(=O)(=O)c1ccccc1F. The fourth-order valence-corrected chi connectivity index (χ4v) is 6.67. The van der Waals surface area contributed by atoms with Crippen LogP contribution in [0.2, 0.25) is 0 Å². The highest BCUT2D eigenvalue weighted by atomic mass is 32.2. The molecule has 0 radical (unpaired) electrons. The molecule has 0 saturated carbocycles. The number of sulfonamides is 1. The predicted molar refractivity (Wildman–Crippen MR) is 171 cm³/mol. The zero-order valence-electron chi connectivity index (χ0n) is 25.2. The van der Waals surface area contributed by atoms with Gasteiger partial charge in [0, 0.05) is 30.6 Å². The summed E-state index contributed by atoms with van der Waals surface area (Å²) in [4.78, 5) is 14.9. The molecule has 1 aliphatic heterocycles. The molecule has 0 aromatic heterocycles. The van der Waals surface area contributed by atoms with E-state index in [1.54, 1.807) is 25.1 Å². The molecule has 1 amide bonds. The molecule has 0 saturated heterocycles. The van der Waals surface area contributed by atoms with E-state index >= 15 is 0 Å². The van der Waals surface area contributed by atoms with Gasteiger partial charge in [0.1, 0.15) is 16.8 Å². The third-order valence-corrected chi connectivity index (χ3v) is 9.88. The standard InChI is InChI=1S/C33H37FN4O6S/c1-21-18-38(22(2)20-39)32(40)25-13-9-16-28(36-33(41)35-27-15-8-11-23-10-4-5-12-24(23)27)31(25)44-29(21)19-37(3)45(42,43)30-17-7-6-14-26(30)34/h4-17,21-22,29,33,35-36,39,41H,18-20H2,1-3H3. The fourth-order valence-electron chi connectivity index (χ4n) is 5.43. The summed E-state index contributed by atoms with van der Waals surface area (Å²) in [6.07, 6.45) is -2.11. The summed E-state index contributed by atoms with van der Waals surface area (Å²) < 4.78 is 48.7. The number of halogens is 1. The molecule has 45 heavy (non-hydrogen) atoms. The van der Waals surface area contributed by atoms with Crippen molar-refractivity contribution in [2.24, 2.45) is 5.92 Å². The Kier molecular flexibility index (Phi) is 9.59. The van der Waals surface area contributed by atoms with E-state index in [4.69, 9.17) is 4.74 Å². The van der Waals surface area contributed by atoms with Crippen molar-refractivity contribution in [1.29, 1.82) is 0 Å². The number of hydrogen-bond acceptors (Lipinski definition) is 8. The largest absolute Gasteiger partial charge is 0.486 e. The number of hydrogen-bond donors (Lipinski definition) is 4. The normalized spacial score (nSPS) is 18.5. The number of carbonyl (C=O) groups is 1. The molecule has 0 aliphatic carbocycles. The van der Waals surface area contributed by atoms with E-state index in [9.17, 15) is 27.8 Å². The molecule has 10 nitrogen and oxygen atoms in total. The van der Waals surface area contributed by atoms with Crippen molar-refractivity contribution >= 4 is 38.1 Å². The number of benzene rings is 4. The molecule has 0 fully saturated rings. The van der Waals surface area contributed by atoms with Gasteiger partial charge in [0.2, 0.25) is 16.4 Å². The maximum atomic E-state index is 14.5. The van der Waals surface area contributed by atoms with Crippen LogP contribution in [-0.4, -0.2) is 79.0 Å². The smallest absolute Gasteiger partial charge is 0.258 e. The van der Waals surface area contributed by atoms with Gasteiger partial charge in [-0.15, -0.1) is 0 Å². The molecule has 238 valence electrons. The Balaban J connectivity index is 1.48. The first-order chi connectivity index (χ1) is 21.5. The number of aliphatic hydroxyl groups excluding tert-OH is 2. The Morgan fingerprint density at radius 3 is 2.40 bits per heavy atom. The number of amides is 1. The van der Waals surface area contributed by atoms with Crippen molar-refractivity contribution in [2.45, 2.75) is 37.2 Å². The zero-order valence-corrected chi connectivity index (χ0v) is 26.0. The predicted octanol–water partition coefficient (Wildman–Crippen LogP) is 4.32. The molecule has 1 heterocycles. The molecule has 4 aromatic carbocycles. The average molecular weight is 637 g/mol. The number of nitrogens with zero attached hydrogens (tertiary/aromatic N) is 2. The number of nitrogens with one attached hydrogen (secondary N) is 2. The minimum atomic E-state index is -4.23. The quantitative estimate of drug-likeness (QED) is 0.190. The molecule has 0 spiro atoms. The van der Waals surface area contributed by atoms with E-state index < -0.39 is 45.2 Å². The number of fused-ring (bicyclic) bond motifs is 2. The summed E-state index contributed by atoms with van der Waals surface area (Å²) in [7, 11) is -2.88. The van der Waals surface area contributed by atoms with Gasteiger partial charge in [0.05, 0.1) is 30.4 Å². The van der Waals surface area contributed by atoms with E-state index in [0.29, 0.717) is 5.69 Å². The van der Waals surface area contributed by atoms with Crippen molar-refractivity contribution in [3.63, 3.8) is 0 Å². The van der Waals surface area contributed by atoms with Crippen molar-refractivity contribution in [2.75, 3.05) is 37.4 Å². The van der Waals surface area contributed by atoms with E-state index in [0.717, 1.165) is 21.1 Å². The first-order valence-electron chi connectivity index (χ1n) is 14.6. The molecule has 12 heteroatoms. The minimum Gasteiger partial charge on any atom is -0.486 e. The monoisotopic (exact) mass is 636 g/mol. The highest BCUT2D eigenvalue weighted by Gasteiger charge is 2.36. The third-order valence-electron chi connectivity index (χ3n) is 8.03. The summed E-state index contributed by atoms with van der Waals surface area (Å²) in [5.74, 6) is -1.55. The third kappa shape index (κ3) is 6.74. The highest BCUT2D eigenvalue weighted by Crippen LogP contribution is 2.36. The van der Waals surface area contributed by atoms with Crippen LogP contribution >= 0.6 is 0 Å². The van der Waals surface area contributed by atoms with Gasteiger partial charge in [-0.25, -0.2) is 12.8 Å². The molecule has 4 N–H and O–H groups in total. The maximum Gasteiger partial charge on any atom is 0.258 e. The highest BCUT2D eigenvalue weighted by molar-refractivity contribution is 7.89. The lowest BCUT2D eigenvalue weighted by molar-refractivity contribution is 0.0388. The second-order valence-electron chi connectivity index (χ2n) is 11.2. The van der Waals surface area contributed by atoms with Crippen molar-refractivity contribution in [1.82, 2.24) is 9.21 Å². The van der Waals surface area contributed by atoms with Crippen LogP contribution in [0.25, 0.3) is 10.8 Å². The molecular weight excluding hydrogens is 599 g/mol. The van der Waals surface area contributed by atoms with Crippen LogP contribution < -0.4 is 15.4 Å². The van der Waals surface area contributed by atoms with Crippen LogP contribution in [0.15, 0.2) is 89.8 Å². The van der Waals surface area contributed by atoms with Gasteiger partial charge in [0.15, 0.2) is 5.75 Å². The average Bonchev–Trinajstić information content (AvgIpc) is 3.02. The van der Waals surface area contributed by atoms with Crippen LogP contribution in [0.1, 0.15) is 24.2 Å². The molecule has 4 unspecified atom stereocenters. The fraction of sp³-hybridized carbons (Fsp3) is 0.303. The van der Waals surface area contributed by atoms with Gasteiger partial charge in [-0.3, -0.25) is 4.79 Å². The van der Waals surface area contributed by atoms with Gasteiger partial charge in [-0.2, -0.15) is 4.31 Å². The summed E-state index contributed by atoms with van der Waals surface area (Å²) in [6.45, 7) is 3.25. The summed E-state index contributed by atoms with van der Waals surface area (Å²) in [5, 5.41) is 29.0. The lowest BCUT2D eigenvalue weighted by Crippen LogP contribution is -2.50. The van der Waals surface area contributed by atoms with Crippen molar-refractivity contribution in [3.8, 4) is 5.75 Å². The molecule has 4 atom stereocenters. The van der Waals surface area contributed by atoms with Crippen LogP contribution in [0, 0.1) is 11.7 Å². The van der Waals surface area contributed by atoms with Crippen molar-refractivity contribution in [3.05, 3.63) is 96.3 Å². The molecular formula is C33H37FN4O6S. The minimum absolute atomic E-state index is 0.115. The molecule has 0 bridgehead atoms. The second-order valence-corrected chi connectivity index (χ2v) is 13.3. The summed E-state index contributed by atoms with van der Waals surface area (Å²) >= 11 is 0. The summed E-state index contributed by atoms with van der Waals surface area (Å²) in [6, 6.07) is 22.9. The van der Waals surface area contributed by atoms with E-state index in [1.165, 1.54) is 30.1 Å². The zero-order chi connectivity index (χ0) is 32.3. The van der Waals surface area contributed by atoms with E-state index in [2.05, 4.69) is 10.6 Å². The number of likely N-dealkylation sites (N-methyl/N-ethyl adjacent to an activating group) is 1. The summed E-state index contributed by atoms with van der Waals surface area (Å²) in [5.41, 5.74) is 1.14. The van der Waals surface area contributed by atoms with Crippen molar-refractivity contribution < 1.29 is 32.6 Å². The number of para-hydroxylation sites is 1. The van der Waals surface area contributed by atoms with Crippen LogP contribution in [0.4, 0.5) is 15.8 Å². The van der Waals surface area contributed by atoms with Gasteiger partial charge < -0.3 is 30.5 Å². The Morgan fingerprint density at radius 2 is 1.64 bits per heavy atom. The number of ether oxygens (including phenoxy) is 1. The maximum absolute atomic E-state index is 14.5. The van der Waals surface area contributed by atoms with E-state index in [1.807, 2.05) is 49.4 Å². The van der Waals surface area contributed by atoms with Gasteiger partial charge in [-0.05, 0) is 42.6 Å². The number of rotatable bonds is 10. The van der Waals surface area contributed by atoms with Gasteiger partial charge >= 0.3 is 0 Å². The first kappa shape index (κ1) is 32.2. The van der Waals surface area contributed by atoms with Crippen LogP contribution in [-0.2, 0) is 10.0 Å². The number of carbonyl (C=O) groups excluding carboxylic acids is 1. The van der Waals surface area contributed by atoms with Gasteiger partial charge in [-0.1, -0.05) is 61.5 Å². The second kappa shape index (κ2) is 13.4. The van der Waals surface area contributed by atoms with Crippen LogP contribution in [0.3, 0.4) is 0 Å². The van der Waals surface area contributed by atoms with E-state index in [-0.39, 0.29) is 42.6 Å². The molecule has 1 aliphatic rings. The van der Waals surface area contributed by atoms with Crippen LogP contribution in [0.5, 0.6) is 5.75 Å². The Hall–Kier alpha value is -4.23. The Morgan fingerprint density at radius 1 is 1.00 bits per heavy atom. The number of aliphatic hydroxyl groups is 2.